The monoisotopic (exact) mass is 372 g/mol. The summed E-state index contributed by atoms with van der Waals surface area (Å²) < 4.78 is 2.04. The van der Waals surface area contributed by atoms with Crippen molar-refractivity contribution in [2.75, 3.05) is 0 Å². The molecular weight excluding hydrogens is 360 g/mol. The largest absolute Gasteiger partial charge is 0.274 e. The van der Waals surface area contributed by atoms with E-state index in [4.69, 9.17) is 11.6 Å². The maximum Gasteiger partial charge on any atom is 0.270 e. The average molecular weight is 373 g/mol. The molecule has 0 radical (unpaired) electrons. The van der Waals surface area contributed by atoms with Crippen molar-refractivity contribution in [2.24, 2.45) is 0 Å². The Labute approximate surface area is 153 Å². The minimum Gasteiger partial charge on any atom is -0.274 e. The molecule has 0 amide bonds. The number of hydrogen-bond acceptors (Lipinski definition) is 5. The third kappa shape index (κ3) is 3.25. The lowest BCUT2D eigenvalue weighted by molar-refractivity contribution is -0.384. The van der Waals surface area contributed by atoms with Gasteiger partial charge in [0, 0.05) is 28.6 Å². The summed E-state index contributed by atoms with van der Waals surface area (Å²) >= 11 is 7.58. The van der Waals surface area contributed by atoms with Crippen LogP contribution in [-0.4, -0.2) is 19.7 Å². The summed E-state index contributed by atoms with van der Waals surface area (Å²) in [6.07, 6.45) is 2.24. The Kier molecular flexibility index (Phi) is 4.19. The first-order valence-electron chi connectivity index (χ1n) is 7.76. The van der Waals surface area contributed by atoms with Gasteiger partial charge >= 0.3 is 0 Å². The van der Waals surface area contributed by atoms with Crippen LogP contribution in [0.1, 0.15) is 24.6 Å². The van der Waals surface area contributed by atoms with Crippen LogP contribution < -0.4 is 0 Å². The van der Waals surface area contributed by atoms with E-state index in [-0.39, 0.29) is 5.69 Å². The highest BCUT2D eigenvalue weighted by molar-refractivity contribution is 7.99. The fraction of sp³-hybridized carbons (Fsp3) is 0.176. The van der Waals surface area contributed by atoms with Crippen LogP contribution in [0.3, 0.4) is 0 Å². The van der Waals surface area contributed by atoms with Crippen LogP contribution in [0.5, 0.6) is 0 Å². The van der Waals surface area contributed by atoms with Gasteiger partial charge in [0.25, 0.3) is 5.69 Å². The van der Waals surface area contributed by atoms with Crippen LogP contribution in [0.4, 0.5) is 5.69 Å². The molecule has 1 fully saturated rings. The van der Waals surface area contributed by atoms with Crippen molar-refractivity contribution in [2.45, 2.75) is 28.8 Å². The Balaban J connectivity index is 1.73. The number of halogens is 1. The number of rotatable bonds is 5. The van der Waals surface area contributed by atoms with Gasteiger partial charge in [-0.3, -0.25) is 14.7 Å². The van der Waals surface area contributed by atoms with E-state index < -0.39 is 4.92 Å². The maximum atomic E-state index is 10.9. The number of nitro benzene ring substituents is 1. The van der Waals surface area contributed by atoms with E-state index in [0.29, 0.717) is 21.0 Å². The molecular formula is C17H13ClN4O2S. The van der Waals surface area contributed by atoms with Gasteiger partial charge in [-0.15, -0.1) is 10.2 Å². The summed E-state index contributed by atoms with van der Waals surface area (Å²) in [7, 11) is 0. The Bertz CT molecular complexity index is 941. The quantitative estimate of drug-likeness (QED) is 0.472. The second kappa shape index (κ2) is 6.50. The molecule has 8 heteroatoms. The summed E-state index contributed by atoms with van der Waals surface area (Å²) in [4.78, 5) is 11.1. The van der Waals surface area contributed by atoms with Gasteiger partial charge in [-0.1, -0.05) is 29.8 Å². The van der Waals surface area contributed by atoms with E-state index in [2.05, 4.69) is 10.2 Å². The molecule has 1 aliphatic rings. The molecule has 1 heterocycles. The van der Waals surface area contributed by atoms with Crippen LogP contribution in [0.15, 0.2) is 58.6 Å². The lowest BCUT2D eigenvalue weighted by atomic mass is 10.3. The van der Waals surface area contributed by atoms with Crippen LogP contribution in [0.25, 0.3) is 5.69 Å². The number of benzene rings is 2. The molecule has 0 aliphatic heterocycles. The van der Waals surface area contributed by atoms with Crippen molar-refractivity contribution < 1.29 is 4.92 Å². The third-order valence-corrected chi connectivity index (χ3v) is 5.39. The van der Waals surface area contributed by atoms with Crippen LogP contribution in [0.2, 0.25) is 5.02 Å². The number of para-hydroxylation sites is 1. The molecule has 4 rings (SSSR count). The Morgan fingerprint density at radius 3 is 2.56 bits per heavy atom. The first-order chi connectivity index (χ1) is 12.1. The molecule has 0 unspecified atom stereocenters. The van der Waals surface area contributed by atoms with Crippen molar-refractivity contribution in [3.63, 3.8) is 0 Å². The first kappa shape index (κ1) is 16.1. The predicted molar refractivity (Wildman–Crippen MR) is 95.6 cm³/mol. The lowest BCUT2D eigenvalue weighted by Gasteiger charge is -2.10. The zero-order valence-electron chi connectivity index (χ0n) is 13.0. The highest BCUT2D eigenvalue weighted by atomic mass is 35.5. The summed E-state index contributed by atoms with van der Waals surface area (Å²) in [5.41, 5.74) is 0.965. The van der Waals surface area contributed by atoms with Crippen molar-refractivity contribution >= 4 is 29.1 Å². The van der Waals surface area contributed by atoms with Gasteiger partial charge in [0.2, 0.25) is 5.16 Å². The van der Waals surface area contributed by atoms with Crippen molar-refractivity contribution in [3.05, 3.63) is 69.5 Å². The van der Waals surface area contributed by atoms with Crippen molar-refractivity contribution in [1.29, 1.82) is 0 Å². The van der Waals surface area contributed by atoms with Gasteiger partial charge < -0.3 is 0 Å². The molecule has 0 N–H and O–H groups in total. The highest BCUT2D eigenvalue weighted by Gasteiger charge is 2.31. The van der Waals surface area contributed by atoms with E-state index in [1.54, 1.807) is 6.07 Å². The van der Waals surface area contributed by atoms with E-state index >= 15 is 0 Å². The molecule has 126 valence electrons. The summed E-state index contributed by atoms with van der Waals surface area (Å²) in [6, 6.07) is 14.4. The zero-order chi connectivity index (χ0) is 17.4. The molecule has 3 aromatic rings. The summed E-state index contributed by atoms with van der Waals surface area (Å²) in [6.45, 7) is 0. The molecule has 0 saturated heterocycles. The van der Waals surface area contributed by atoms with Gasteiger partial charge in [-0.05, 0) is 42.8 Å². The fourth-order valence-electron chi connectivity index (χ4n) is 2.56. The van der Waals surface area contributed by atoms with E-state index in [9.17, 15) is 10.1 Å². The van der Waals surface area contributed by atoms with E-state index in [1.807, 2.05) is 34.9 Å². The molecule has 0 bridgehead atoms. The topological polar surface area (TPSA) is 73.8 Å². The van der Waals surface area contributed by atoms with Crippen molar-refractivity contribution in [1.82, 2.24) is 14.8 Å². The van der Waals surface area contributed by atoms with Gasteiger partial charge in [0.05, 0.1) is 9.95 Å². The molecule has 1 saturated carbocycles. The third-order valence-electron chi connectivity index (χ3n) is 3.94. The number of hydrogen-bond donors (Lipinski definition) is 0. The number of non-ortho nitro benzene ring substituents is 1. The van der Waals surface area contributed by atoms with Gasteiger partial charge in [0.1, 0.15) is 5.82 Å². The smallest absolute Gasteiger partial charge is 0.270 e. The molecule has 25 heavy (non-hydrogen) atoms. The molecule has 6 nitrogen and oxygen atoms in total. The number of aromatic nitrogens is 3. The average Bonchev–Trinajstić information content (AvgIpc) is 3.38. The normalized spacial score (nSPS) is 13.8. The SMILES string of the molecule is O=[N+]([O-])c1ccc(Sc2nnc(C3CC3)n2-c2ccccc2)c(Cl)c1. The summed E-state index contributed by atoms with van der Waals surface area (Å²) in [5, 5.41) is 20.6. The Morgan fingerprint density at radius 1 is 1.16 bits per heavy atom. The Hall–Kier alpha value is -2.38. The second-order valence-electron chi connectivity index (χ2n) is 5.76. The lowest BCUT2D eigenvalue weighted by Crippen LogP contribution is -2.01. The second-order valence-corrected chi connectivity index (χ2v) is 7.18. The molecule has 0 spiro atoms. The molecule has 1 aliphatic carbocycles. The van der Waals surface area contributed by atoms with E-state index in [1.165, 1.54) is 23.9 Å². The minimum atomic E-state index is -0.460. The van der Waals surface area contributed by atoms with Crippen LogP contribution in [0, 0.1) is 10.1 Å². The van der Waals surface area contributed by atoms with Gasteiger partial charge in [-0.2, -0.15) is 0 Å². The van der Waals surface area contributed by atoms with E-state index in [0.717, 1.165) is 24.4 Å². The zero-order valence-corrected chi connectivity index (χ0v) is 14.6. The van der Waals surface area contributed by atoms with Crippen LogP contribution in [-0.2, 0) is 0 Å². The Morgan fingerprint density at radius 2 is 1.92 bits per heavy atom. The highest BCUT2D eigenvalue weighted by Crippen LogP contribution is 2.42. The van der Waals surface area contributed by atoms with Gasteiger partial charge in [0.15, 0.2) is 0 Å². The van der Waals surface area contributed by atoms with Crippen LogP contribution >= 0.6 is 23.4 Å². The first-order valence-corrected chi connectivity index (χ1v) is 8.95. The standard InChI is InChI=1S/C17H13ClN4O2S/c18-14-10-13(22(23)24)8-9-15(14)25-17-20-19-16(11-6-7-11)21(17)12-4-2-1-3-5-12/h1-5,8-11H,6-7H2. The predicted octanol–water partition coefficient (Wildman–Crippen LogP) is 4.86. The molecule has 1 aromatic heterocycles. The fourth-order valence-corrected chi connectivity index (χ4v) is 3.71. The summed E-state index contributed by atoms with van der Waals surface area (Å²) in [5.74, 6) is 1.39. The van der Waals surface area contributed by atoms with Crippen molar-refractivity contribution in [3.8, 4) is 5.69 Å². The maximum absolute atomic E-state index is 10.9. The van der Waals surface area contributed by atoms with Gasteiger partial charge in [-0.25, -0.2) is 0 Å². The number of nitrogens with zero attached hydrogens (tertiary/aromatic N) is 4. The molecule has 0 atom stereocenters. The minimum absolute atomic E-state index is 0.0301. The molecule has 2 aromatic carbocycles. The number of nitro groups is 1.